The molecule has 0 bridgehead atoms. The number of aromatic nitrogens is 1. The lowest BCUT2D eigenvalue weighted by Crippen LogP contribution is -2.28. The molecule has 2 heteroatoms. The molecule has 1 unspecified atom stereocenters. The molecule has 0 spiro atoms. The zero-order chi connectivity index (χ0) is 14.7. The monoisotopic (exact) mass is 282 g/mol. The van der Waals surface area contributed by atoms with Crippen LogP contribution in [0.3, 0.4) is 0 Å². The third kappa shape index (κ3) is 2.96. The fourth-order valence-corrected chi connectivity index (χ4v) is 3.97. The van der Waals surface area contributed by atoms with Crippen LogP contribution in [0.25, 0.3) is 10.9 Å². The summed E-state index contributed by atoms with van der Waals surface area (Å²) in [5.74, 6) is 1.71. The van der Waals surface area contributed by atoms with Gasteiger partial charge in [0.1, 0.15) is 0 Å². The van der Waals surface area contributed by atoms with Gasteiger partial charge in [-0.15, -0.1) is 0 Å². The Morgan fingerprint density at radius 2 is 1.95 bits per heavy atom. The van der Waals surface area contributed by atoms with Crippen molar-refractivity contribution in [2.24, 2.45) is 11.8 Å². The summed E-state index contributed by atoms with van der Waals surface area (Å²) in [6, 6.07) is 11.2. The third-order valence-electron chi connectivity index (χ3n) is 5.27. The zero-order valence-corrected chi connectivity index (χ0v) is 13.2. The molecular weight excluding hydrogens is 256 g/mol. The average molecular weight is 282 g/mol. The summed E-state index contributed by atoms with van der Waals surface area (Å²) in [4.78, 5) is 4.50. The van der Waals surface area contributed by atoms with Gasteiger partial charge in [-0.25, -0.2) is 0 Å². The van der Waals surface area contributed by atoms with Crippen LogP contribution in [0, 0.1) is 11.8 Å². The number of benzene rings is 1. The molecule has 1 atom stereocenters. The van der Waals surface area contributed by atoms with E-state index in [1.165, 1.54) is 43.1 Å². The summed E-state index contributed by atoms with van der Waals surface area (Å²) in [7, 11) is 2.10. The maximum Gasteiger partial charge on any atom is 0.0705 e. The van der Waals surface area contributed by atoms with Crippen molar-refractivity contribution in [2.75, 3.05) is 7.05 Å². The number of hydrogen-bond donors (Lipinski definition) is 1. The molecule has 1 heterocycles. The second kappa shape index (κ2) is 6.57. The smallest absolute Gasteiger partial charge is 0.0705 e. The molecule has 2 aromatic rings. The highest BCUT2D eigenvalue weighted by Crippen LogP contribution is 2.39. The van der Waals surface area contributed by atoms with E-state index in [1.54, 1.807) is 0 Å². The Labute approximate surface area is 128 Å². The van der Waals surface area contributed by atoms with Gasteiger partial charge in [0.2, 0.25) is 0 Å². The van der Waals surface area contributed by atoms with Crippen LogP contribution in [-0.4, -0.2) is 12.0 Å². The molecule has 1 aliphatic carbocycles. The molecular formula is C19H26N2. The molecule has 3 rings (SSSR count). The quantitative estimate of drug-likeness (QED) is 0.878. The van der Waals surface area contributed by atoms with Crippen LogP contribution in [0.1, 0.15) is 50.6 Å². The van der Waals surface area contributed by atoms with Gasteiger partial charge in [-0.05, 0) is 49.4 Å². The van der Waals surface area contributed by atoms with E-state index >= 15 is 0 Å². The highest BCUT2D eigenvalue weighted by atomic mass is 14.9. The Bertz CT molecular complexity index is 580. The molecule has 0 aliphatic heterocycles. The van der Waals surface area contributed by atoms with Crippen LogP contribution in [0.5, 0.6) is 0 Å². The van der Waals surface area contributed by atoms with Crippen LogP contribution in [0.4, 0.5) is 0 Å². The average Bonchev–Trinajstić information content (AvgIpc) is 2.56. The highest BCUT2D eigenvalue weighted by molar-refractivity contribution is 5.82. The minimum absolute atomic E-state index is 0.454. The van der Waals surface area contributed by atoms with Crippen LogP contribution < -0.4 is 5.32 Å². The van der Waals surface area contributed by atoms with Gasteiger partial charge in [0.05, 0.1) is 5.52 Å². The first kappa shape index (κ1) is 14.5. The third-order valence-corrected chi connectivity index (χ3v) is 5.27. The Kier molecular flexibility index (Phi) is 4.54. The number of rotatable bonds is 4. The molecule has 1 aromatic heterocycles. The summed E-state index contributed by atoms with van der Waals surface area (Å²) in [6.45, 7) is 2.33. The summed E-state index contributed by atoms with van der Waals surface area (Å²) in [5, 5.41) is 4.89. The molecule has 1 fully saturated rings. The maximum absolute atomic E-state index is 4.50. The number of hydrogen-bond acceptors (Lipinski definition) is 2. The lowest BCUT2D eigenvalue weighted by atomic mass is 9.75. The molecule has 1 aromatic carbocycles. The predicted molar refractivity (Wildman–Crippen MR) is 89.3 cm³/mol. The summed E-state index contributed by atoms with van der Waals surface area (Å²) >= 11 is 0. The van der Waals surface area contributed by atoms with Crippen molar-refractivity contribution in [3.05, 3.63) is 42.1 Å². The van der Waals surface area contributed by atoms with Crippen LogP contribution in [0.2, 0.25) is 0 Å². The van der Waals surface area contributed by atoms with Crippen LogP contribution in [0.15, 0.2) is 36.5 Å². The molecule has 1 saturated carbocycles. The van der Waals surface area contributed by atoms with E-state index in [9.17, 15) is 0 Å². The topological polar surface area (TPSA) is 24.9 Å². The molecule has 1 aliphatic rings. The first-order valence-corrected chi connectivity index (χ1v) is 8.34. The van der Waals surface area contributed by atoms with Gasteiger partial charge < -0.3 is 5.32 Å². The normalized spacial score (nSPS) is 24.1. The molecule has 0 saturated heterocycles. The first-order valence-electron chi connectivity index (χ1n) is 8.34. The molecule has 0 radical (unpaired) electrons. The van der Waals surface area contributed by atoms with Gasteiger partial charge in [0.15, 0.2) is 0 Å². The van der Waals surface area contributed by atoms with Gasteiger partial charge in [-0.3, -0.25) is 4.98 Å². The Morgan fingerprint density at radius 1 is 1.14 bits per heavy atom. The van der Waals surface area contributed by atoms with E-state index in [1.807, 2.05) is 12.3 Å². The fourth-order valence-electron chi connectivity index (χ4n) is 3.97. The first-order chi connectivity index (χ1) is 10.3. The van der Waals surface area contributed by atoms with Gasteiger partial charge in [-0.2, -0.15) is 0 Å². The molecule has 0 amide bonds. The second-order valence-corrected chi connectivity index (χ2v) is 6.37. The Balaban J connectivity index is 1.88. The molecule has 1 N–H and O–H groups in total. The maximum atomic E-state index is 4.50. The minimum atomic E-state index is 0.454. The number of nitrogens with one attached hydrogen (secondary N) is 1. The molecule has 2 nitrogen and oxygen atoms in total. The van der Waals surface area contributed by atoms with Crippen molar-refractivity contribution < 1.29 is 0 Å². The van der Waals surface area contributed by atoms with Crippen molar-refractivity contribution in [1.82, 2.24) is 10.3 Å². The summed E-state index contributed by atoms with van der Waals surface area (Å²) in [6.07, 6.45) is 8.70. The second-order valence-electron chi connectivity index (χ2n) is 6.37. The van der Waals surface area contributed by atoms with Crippen molar-refractivity contribution in [3.63, 3.8) is 0 Å². The van der Waals surface area contributed by atoms with Crippen molar-refractivity contribution >= 4 is 10.9 Å². The molecule has 112 valence electrons. The van der Waals surface area contributed by atoms with Gasteiger partial charge in [0.25, 0.3) is 0 Å². The van der Waals surface area contributed by atoms with Gasteiger partial charge >= 0.3 is 0 Å². The van der Waals surface area contributed by atoms with Gasteiger partial charge in [0, 0.05) is 17.6 Å². The van der Waals surface area contributed by atoms with Crippen molar-refractivity contribution in [1.29, 1.82) is 0 Å². The van der Waals surface area contributed by atoms with E-state index in [2.05, 4.69) is 48.5 Å². The highest BCUT2D eigenvalue weighted by Gasteiger charge is 2.27. The van der Waals surface area contributed by atoms with Crippen LogP contribution in [-0.2, 0) is 0 Å². The lowest BCUT2D eigenvalue weighted by Gasteiger charge is -2.34. The summed E-state index contributed by atoms with van der Waals surface area (Å²) in [5.41, 5.74) is 2.53. The van der Waals surface area contributed by atoms with Crippen molar-refractivity contribution in [2.45, 2.75) is 45.1 Å². The summed E-state index contributed by atoms with van der Waals surface area (Å²) < 4.78 is 0. The van der Waals surface area contributed by atoms with E-state index < -0.39 is 0 Å². The number of fused-ring (bicyclic) bond motifs is 1. The largest absolute Gasteiger partial charge is 0.313 e. The minimum Gasteiger partial charge on any atom is -0.313 e. The SMILES string of the molecule is CCC1CCC(C(NC)c2cccc3ncccc23)CC1. The molecule has 21 heavy (non-hydrogen) atoms. The van der Waals surface area contributed by atoms with E-state index in [4.69, 9.17) is 0 Å². The number of pyridine rings is 1. The zero-order valence-electron chi connectivity index (χ0n) is 13.2. The number of nitrogens with zero attached hydrogens (tertiary/aromatic N) is 1. The van der Waals surface area contributed by atoms with Crippen molar-refractivity contribution in [3.8, 4) is 0 Å². The van der Waals surface area contributed by atoms with E-state index in [-0.39, 0.29) is 0 Å². The van der Waals surface area contributed by atoms with E-state index in [0.717, 1.165) is 17.4 Å². The lowest BCUT2D eigenvalue weighted by molar-refractivity contribution is 0.225. The standard InChI is InChI=1S/C19H26N2/c1-3-14-9-11-15(12-10-14)19(20-2)17-6-4-8-18-16(17)7-5-13-21-18/h4-8,13-15,19-20H,3,9-12H2,1-2H3. The Hall–Kier alpha value is -1.41. The van der Waals surface area contributed by atoms with Crippen LogP contribution >= 0.6 is 0 Å². The van der Waals surface area contributed by atoms with Gasteiger partial charge in [-0.1, -0.05) is 44.4 Å². The fraction of sp³-hybridized carbons (Fsp3) is 0.526. The predicted octanol–water partition coefficient (Wildman–Crippen LogP) is 4.71. The van der Waals surface area contributed by atoms with E-state index in [0.29, 0.717) is 6.04 Å². The Morgan fingerprint density at radius 3 is 2.67 bits per heavy atom.